The Bertz CT molecular complexity index is 359. The number of nitrogens with one attached hydrogen (secondary N) is 1. The topological polar surface area (TPSA) is 15.3 Å². The third-order valence-corrected chi connectivity index (χ3v) is 3.72. The van der Waals surface area contributed by atoms with Crippen LogP contribution in [0.1, 0.15) is 31.4 Å². The molecule has 0 spiro atoms. The molecule has 1 aromatic carbocycles. The van der Waals surface area contributed by atoms with Crippen molar-refractivity contribution in [2.45, 2.75) is 25.8 Å². The van der Waals surface area contributed by atoms with Crippen molar-refractivity contribution in [2.75, 3.05) is 26.7 Å². The van der Waals surface area contributed by atoms with Crippen molar-refractivity contribution in [3.63, 3.8) is 0 Å². The van der Waals surface area contributed by atoms with Crippen LogP contribution < -0.4 is 5.32 Å². The van der Waals surface area contributed by atoms with Gasteiger partial charge in [0.15, 0.2) is 0 Å². The lowest BCUT2D eigenvalue weighted by Gasteiger charge is -2.21. The molecule has 0 heterocycles. The van der Waals surface area contributed by atoms with Crippen LogP contribution in [-0.4, -0.2) is 31.6 Å². The van der Waals surface area contributed by atoms with Crippen molar-refractivity contribution in [2.24, 2.45) is 5.92 Å². The maximum atomic E-state index is 12.9. The predicted molar refractivity (Wildman–Crippen MR) is 73.0 cm³/mol. The van der Waals surface area contributed by atoms with Crippen LogP contribution in [0.2, 0.25) is 0 Å². The van der Waals surface area contributed by atoms with Gasteiger partial charge in [0.25, 0.3) is 0 Å². The highest BCUT2D eigenvalue weighted by atomic mass is 19.1. The van der Waals surface area contributed by atoms with Crippen LogP contribution in [0, 0.1) is 11.7 Å². The van der Waals surface area contributed by atoms with Gasteiger partial charge in [-0.3, -0.25) is 0 Å². The number of hydrogen-bond acceptors (Lipinski definition) is 2. The van der Waals surface area contributed by atoms with E-state index in [1.165, 1.54) is 18.4 Å². The Morgan fingerprint density at radius 3 is 2.56 bits per heavy atom. The van der Waals surface area contributed by atoms with Gasteiger partial charge in [0, 0.05) is 19.1 Å². The molecule has 1 aliphatic rings. The molecule has 1 aliphatic carbocycles. The number of likely N-dealkylation sites (N-methyl/N-ethyl adjacent to an activating group) is 1. The minimum atomic E-state index is -0.154. The summed E-state index contributed by atoms with van der Waals surface area (Å²) in [6.07, 6.45) is 2.58. The van der Waals surface area contributed by atoms with Crippen molar-refractivity contribution in [3.8, 4) is 0 Å². The Balaban J connectivity index is 1.90. The summed E-state index contributed by atoms with van der Waals surface area (Å²) < 4.78 is 12.9. The fourth-order valence-electron chi connectivity index (χ4n) is 2.23. The lowest BCUT2D eigenvalue weighted by Crippen LogP contribution is -2.32. The molecule has 3 heteroatoms. The molecule has 2 nitrogen and oxygen atoms in total. The summed E-state index contributed by atoms with van der Waals surface area (Å²) in [5, 5.41) is 3.62. The van der Waals surface area contributed by atoms with E-state index in [1.54, 1.807) is 12.1 Å². The molecular formula is C15H23FN2. The second kappa shape index (κ2) is 6.30. The van der Waals surface area contributed by atoms with Gasteiger partial charge in [-0.15, -0.1) is 0 Å². The first-order chi connectivity index (χ1) is 8.70. The van der Waals surface area contributed by atoms with Crippen molar-refractivity contribution in [1.29, 1.82) is 0 Å². The van der Waals surface area contributed by atoms with Gasteiger partial charge in [-0.05, 0) is 50.0 Å². The summed E-state index contributed by atoms with van der Waals surface area (Å²) in [5.41, 5.74) is 1.22. The monoisotopic (exact) mass is 250 g/mol. The third-order valence-electron chi connectivity index (χ3n) is 3.72. The quantitative estimate of drug-likeness (QED) is 0.800. The Kier molecular flexibility index (Phi) is 4.72. The van der Waals surface area contributed by atoms with E-state index < -0.39 is 0 Å². The zero-order valence-electron chi connectivity index (χ0n) is 11.3. The fourth-order valence-corrected chi connectivity index (χ4v) is 2.23. The first-order valence-corrected chi connectivity index (χ1v) is 6.88. The summed E-state index contributed by atoms with van der Waals surface area (Å²) in [6, 6.07) is 7.34. The molecule has 1 N–H and O–H groups in total. The van der Waals surface area contributed by atoms with Crippen molar-refractivity contribution >= 4 is 0 Å². The van der Waals surface area contributed by atoms with E-state index in [4.69, 9.17) is 0 Å². The Morgan fingerprint density at radius 1 is 1.33 bits per heavy atom. The first kappa shape index (κ1) is 13.5. The highest BCUT2D eigenvalue weighted by Gasteiger charge is 2.31. The van der Waals surface area contributed by atoms with Crippen molar-refractivity contribution in [3.05, 3.63) is 35.6 Å². The smallest absolute Gasteiger partial charge is 0.123 e. The third kappa shape index (κ3) is 3.79. The van der Waals surface area contributed by atoms with E-state index in [-0.39, 0.29) is 5.82 Å². The molecule has 0 radical (unpaired) electrons. The molecule has 1 aromatic rings. The number of halogens is 1. The largest absolute Gasteiger partial charge is 0.308 e. The number of benzene rings is 1. The highest BCUT2D eigenvalue weighted by Crippen LogP contribution is 2.40. The molecule has 1 unspecified atom stereocenters. The lowest BCUT2D eigenvalue weighted by atomic mass is 10.0. The summed E-state index contributed by atoms with van der Waals surface area (Å²) in [5.74, 6) is 0.585. The molecule has 0 bridgehead atoms. The van der Waals surface area contributed by atoms with Gasteiger partial charge in [0.1, 0.15) is 5.82 Å². The molecular weight excluding hydrogens is 227 g/mol. The van der Waals surface area contributed by atoms with Gasteiger partial charge in [-0.2, -0.15) is 0 Å². The fraction of sp³-hybridized carbons (Fsp3) is 0.600. The van der Waals surface area contributed by atoms with Crippen LogP contribution in [0.25, 0.3) is 0 Å². The lowest BCUT2D eigenvalue weighted by molar-refractivity contribution is 0.334. The average Bonchev–Trinajstić information content (AvgIpc) is 3.20. The van der Waals surface area contributed by atoms with Crippen LogP contribution in [0.3, 0.4) is 0 Å². The van der Waals surface area contributed by atoms with E-state index in [2.05, 4.69) is 24.2 Å². The van der Waals surface area contributed by atoms with Gasteiger partial charge in [-0.1, -0.05) is 19.1 Å². The maximum absolute atomic E-state index is 12.9. The van der Waals surface area contributed by atoms with Crippen LogP contribution >= 0.6 is 0 Å². The van der Waals surface area contributed by atoms with E-state index in [0.29, 0.717) is 6.04 Å². The molecule has 0 aliphatic heterocycles. The Hall–Kier alpha value is -0.930. The average molecular weight is 250 g/mol. The van der Waals surface area contributed by atoms with E-state index >= 15 is 0 Å². The van der Waals surface area contributed by atoms with Gasteiger partial charge in [0.2, 0.25) is 0 Å². The molecule has 18 heavy (non-hydrogen) atoms. The molecule has 0 aromatic heterocycles. The van der Waals surface area contributed by atoms with Gasteiger partial charge in [-0.25, -0.2) is 4.39 Å². The summed E-state index contributed by atoms with van der Waals surface area (Å²) >= 11 is 0. The van der Waals surface area contributed by atoms with Gasteiger partial charge < -0.3 is 10.2 Å². The van der Waals surface area contributed by atoms with Crippen LogP contribution in [0.4, 0.5) is 4.39 Å². The Morgan fingerprint density at radius 2 is 2.00 bits per heavy atom. The van der Waals surface area contributed by atoms with E-state index in [1.807, 2.05) is 12.1 Å². The first-order valence-electron chi connectivity index (χ1n) is 6.88. The van der Waals surface area contributed by atoms with Gasteiger partial charge >= 0.3 is 0 Å². The van der Waals surface area contributed by atoms with Crippen molar-refractivity contribution < 1.29 is 4.39 Å². The SMILES string of the molecule is CCN(C)CCNC(c1ccc(F)cc1)C1CC1. The summed E-state index contributed by atoms with van der Waals surface area (Å²) in [6.45, 7) is 5.29. The minimum absolute atomic E-state index is 0.154. The minimum Gasteiger partial charge on any atom is -0.308 e. The summed E-state index contributed by atoms with van der Waals surface area (Å²) in [7, 11) is 2.13. The van der Waals surface area contributed by atoms with Crippen LogP contribution in [-0.2, 0) is 0 Å². The van der Waals surface area contributed by atoms with Gasteiger partial charge in [0.05, 0.1) is 0 Å². The zero-order valence-corrected chi connectivity index (χ0v) is 11.3. The van der Waals surface area contributed by atoms with Crippen LogP contribution in [0.5, 0.6) is 0 Å². The molecule has 100 valence electrons. The Labute approximate surface area is 109 Å². The van der Waals surface area contributed by atoms with E-state index in [9.17, 15) is 4.39 Å². The van der Waals surface area contributed by atoms with E-state index in [0.717, 1.165) is 25.6 Å². The second-order valence-electron chi connectivity index (χ2n) is 5.22. The standard InChI is InChI=1S/C15H23FN2/c1-3-18(2)11-10-17-15(12-4-5-12)13-6-8-14(16)9-7-13/h6-9,12,15,17H,3-5,10-11H2,1-2H3. The molecule has 1 saturated carbocycles. The summed E-state index contributed by atoms with van der Waals surface area (Å²) in [4.78, 5) is 2.29. The zero-order chi connectivity index (χ0) is 13.0. The number of rotatable bonds is 7. The molecule has 1 atom stereocenters. The second-order valence-corrected chi connectivity index (χ2v) is 5.22. The maximum Gasteiger partial charge on any atom is 0.123 e. The van der Waals surface area contributed by atoms with Crippen molar-refractivity contribution in [1.82, 2.24) is 10.2 Å². The van der Waals surface area contributed by atoms with Crippen LogP contribution in [0.15, 0.2) is 24.3 Å². The molecule has 0 saturated heterocycles. The highest BCUT2D eigenvalue weighted by molar-refractivity contribution is 5.22. The molecule has 0 amide bonds. The number of hydrogen-bond donors (Lipinski definition) is 1. The predicted octanol–water partition coefficient (Wildman–Crippen LogP) is 2.82. The normalized spacial score (nSPS) is 17.1. The molecule has 2 rings (SSSR count). The molecule has 1 fully saturated rings. The number of nitrogens with zero attached hydrogens (tertiary/aromatic N) is 1.